The molecule has 0 spiro atoms. The van der Waals surface area contributed by atoms with E-state index in [2.05, 4.69) is 22.0 Å². The largest absolute Gasteiger partial charge is 0.369 e. The van der Waals surface area contributed by atoms with Crippen LogP contribution in [0.5, 0.6) is 0 Å². The summed E-state index contributed by atoms with van der Waals surface area (Å²) in [7, 11) is 0. The minimum absolute atomic E-state index is 0.0463. The fourth-order valence-corrected chi connectivity index (χ4v) is 3.79. The molecule has 3 rings (SSSR count). The number of amides is 1. The fourth-order valence-electron chi connectivity index (χ4n) is 3.09. The van der Waals surface area contributed by atoms with Gasteiger partial charge in [0.2, 0.25) is 5.91 Å². The number of anilines is 2. The van der Waals surface area contributed by atoms with Crippen molar-refractivity contribution in [2.24, 2.45) is 0 Å². The van der Waals surface area contributed by atoms with Gasteiger partial charge in [-0.3, -0.25) is 14.9 Å². The van der Waals surface area contributed by atoms with Crippen molar-refractivity contribution in [1.29, 1.82) is 0 Å². The molecule has 1 aliphatic heterocycles. The number of rotatable bonds is 7. The van der Waals surface area contributed by atoms with Crippen LogP contribution in [0.2, 0.25) is 0 Å². The van der Waals surface area contributed by atoms with Crippen LogP contribution in [0.1, 0.15) is 6.92 Å². The summed E-state index contributed by atoms with van der Waals surface area (Å²) in [5.41, 5.74) is 1.99. The summed E-state index contributed by atoms with van der Waals surface area (Å²) < 4.78 is 0. The number of nitro benzene ring substituents is 1. The quantitative estimate of drug-likeness (QED) is 0.436. The highest BCUT2D eigenvalue weighted by molar-refractivity contribution is 8.00. The number of hydrogen-bond acceptors (Lipinski definition) is 6. The van der Waals surface area contributed by atoms with E-state index in [1.807, 2.05) is 24.3 Å². The third kappa shape index (κ3) is 5.46. The van der Waals surface area contributed by atoms with Gasteiger partial charge in [0.25, 0.3) is 5.69 Å². The summed E-state index contributed by atoms with van der Waals surface area (Å²) in [5, 5.41) is 13.6. The Morgan fingerprint density at radius 2 is 1.71 bits per heavy atom. The van der Waals surface area contributed by atoms with E-state index in [0.717, 1.165) is 43.3 Å². The molecule has 1 heterocycles. The maximum Gasteiger partial charge on any atom is 0.269 e. The van der Waals surface area contributed by atoms with Gasteiger partial charge in [0, 0.05) is 54.6 Å². The van der Waals surface area contributed by atoms with Crippen molar-refractivity contribution in [1.82, 2.24) is 4.90 Å². The van der Waals surface area contributed by atoms with Gasteiger partial charge in [-0.15, -0.1) is 11.8 Å². The van der Waals surface area contributed by atoms with E-state index in [1.165, 1.54) is 29.6 Å². The monoisotopic (exact) mass is 400 g/mol. The molecule has 0 aromatic heterocycles. The minimum Gasteiger partial charge on any atom is -0.369 e. The van der Waals surface area contributed by atoms with Crippen molar-refractivity contribution in [2.45, 2.75) is 11.8 Å². The Morgan fingerprint density at radius 1 is 1.07 bits per heavy atom. The molecule has 0 atom stereocenters. The second kappa shape index (κ2) is 9.57. The molecule has 2 aromatic carbocycles. The zero-order valence-electron chi connectivity index (χ0n) is 15.8. The van der Waals surface area contributed by atoms with Gasteiger partial charge in [0.05, 0.1) is 10.7 Å². The Labute approximate surface area is 168 Å². The van der Waals surface area contributed by atoms with E-state index in [-0.39, 0.29) is 17.3 Å². The van der Waals surface area contributed by atoms with Crippen LogP contribution in [-0.4, -0.2) is 54.2 Å². The van der Waals surface area contributed by atoms with Crippen LogP contribution in [0.25, 0.3) is 0 Å². The first-order valence-corrected chi connectivity index (χ1v) is 10.3. The van der Waals surface area contributed by atoms with Crippen LogP contribution in [0.3, 0.4) is 0 Å². The number of piperazine rings is 1. The van der Waals surface area contributed by atoms with Crippen LogP contribution >= 0.6 is 11.8 Å². The van der Waals surface area contributed by atoms with Gasteiger partial charge in [-0.05, 0) is 42.9 Å². The lowest BCUT2D eigenvalue weighted by Gasteiger charge is -2.35. The van der Waals surface area contributed by atoms with E-state index < -0.39 is 4.92 Å². The summed E-state index contributed by atoms with van der Waals surface area (Å²) in [6.07, 6.45) is 0. The van der Waals surface area contributed by atoms with Gasteiger partial charge >= 0.3 is 0 Å². The number of likely N-dealkylation sites (N-methyl/N-ethyl adjacent to an activating group) is 1. The zero-order valence-corrected chi connectivity index (χ0v) is 16.7. The molecule has 0 aliphatic carbocycles. The molecule has 148 valence electrons. The maximum atomic E-state index is 12.2. The summed E-state index contributed by atoms with van der Waals surface area (Å²) in [4.78, 5) is 28.0. The average Bonchev–Trinajstić information content (AvgIpc) is 2.73. The smallest absolute Gasteiger partial charge is 0.269 e. The molecule has 0 unspecified atom stereocenters. The van der Waals surface area contributed by atoms with Gasteiger partial charge in [-0.25, -0.2) is 0 Å². The highest BCUT2D eigenvalue weighted by Crippen LogP contribution is 2.23. The summed E-state index contributed by atoms with van der Waals surface area (Å²) in [5.74, 6) is 0.145. The Kier molecular flexibility index (Phi) is 6.89. The minimum atomic E-state index is -0.436. The fraction of sp³-hybridized carbons (Fsp3) is 0.350. The second-order valence-corrected chi connectivity index (χ2v) is 7.60. The van der Waals surface area contributed by atoms with E-state index in [1.54, 1.807) is 12.1 Å². The summed E-state index contributed by atoms with van der Waals surface area (Å²) in [6.45, 7) is 7.48. The molecule has 2 aromatic rings. The van der Waals surface area contributed by atoms with E-state index in [0.29, 0.717) is 0 Å². The Hall–Kier alpha value is -2.58. The number of nitrogens with zero attached hydrogens (tertiary/aromatic N) is 3. The number of benzene rings is 2. The molecule has 0 bridgehead atoms. The first-order valence-electron chi connectivity index (χ1n) is 9.29. The first-order chi connectivity index (χ1) is 13.5. The number of carbonyl (C=O) groups is 1. The number of thioether (sulfide) groups is 1. The SMILES string of the molecule is CCN1CCN(c2ccc(NC(=O)CSc3ccc([N+](=O)[O-])cc3)cc2)CC1. The van der Waals surface area contributed by atoms with Crippen LogP contribution in [0, 0.1) is 10.1 Å². The topological polar surface area (TPSA) is 78.7 Å². The van der Waals surface area contributed by atoms with Crippen molar-refractivity contribution < 1.29 is 9.72 Å². The molecule has 1 N–H and O–H groups in total. The van der Waals surface area contributed by atoms with E-state index in [4.69, 9.17) is 0 Å². The molecular weight excluding hydrogens is 376 g/mol. The van der Waals surface area contributed by atoms with E-state index in [9.17, 15) is 14.9 Å². The Bertz CT molecular complexity index is 803. The lowest BCUT2D eigenvalue weighted by molar-refractivity contribution is -0.384. The normalized spacial score (nSPS) is 14.7. The van der Waals surface area contributed by atoms with Gasteiger partial charge in [-0.2, -0.15) is 0 Å². The van der Waals surface area contributed by atoms with Crippen LogP contribution in [-0.2, 0) is 4.79 Å². The van der Waals surface area contributed by atoms with E-state index >= 15 is 0 Å². The van der Waals surface area contributed by atoms with Gasteiger partial charge in [-0.1, -0.05) is 6.92 Å². The third-order valence-electron chi connectivity index (χ3n) is 4.75. The predicted octanol–water partition coefficient (Wildman–Crippen LogP) is 3.47. The van der Waals surface area contributed by atoms with Crippen molar-refractivity contribution in [3.63, 3.8) is 0 Å². The lowest BCUT2D eigenvalue weighted by Crippen LogP contribution is -2.46. The van der Waals surface area contributed by atoms with Crippen molar-refractivity contribution >= 4 is 34.7 Å². The highest BCUT2D eigenvalue weighted by atomic mass is 32.2. The molecule has 0 radical (unpaired) electrons. The highest BCUT2D eigenvalue weighted by Gasteiger charge is 2.15. The molecule has 1 aliphatic rings. The summed E-state index contributed by atoms with van der Waals surface area (Å²) in [6, 6.07) is 14.1. The van der Waals surface area contributed by atoms with Crippen molar-refractivity contribution in [3.05, 3.63) is 58.6 Å². The van der Waals surface area contributed by atoms with Crippen molar-refractivity contribution in [3.8, 4) is 0 Å². The predicted molar refractivity (Wildman–Crippen MR) is 113 cm³/mol. The number of nitro groups is 1. The maximum absolute atomic E-state index is 12.2. The number of carbonyl (C=O) groups excluding carboxylic acids is 1. The van der Waals surface area contributed by atoms with Crippen molar-refractivity contribution in [2.75, 3.05) is 48.7 Å². The summed E-state index contributed by atoms with van der Waals surface area (Å²) >= 11 is 1.35. The first kappa shape index (κ1) is 20.2. The molecule has 1 amide bonds. The number of hydrogen-bond donors (Lipinski definition) is 1. The van der Waals surface area contributed by atoms with Gasteiger partial charge in [0.15, 0.2) is 0 Å². The molecule has 1 fully saturated rings. The van der Waals surface area contributed by atoms with Gasteiger partial charge < -0.3 is 15.1 Å². The van der Waals surface area contributed by atoms with Crippen LogP contribution in [0.15, 0.2) is 53.4 Å². The second-order valence-electron chi connectivity index (χ2n) is 6.56. The lowest BCUT2D eigenvalue weighted by atomic mass is 10.2. The van der Waals surface area contributed by atoms with Crippen LogP contribution in [0.4, 0.5) is 17.1 Å². The molecule has 7 nitrogen and oxygen atoms in total. The standard InChI is InChI=1S/C20H24N4O3S/c1-2-22-11-13-23(14-12-22)17-5-3-16(4-6-17)21-20(25)15-28-19-9-7-18(8-10-19)24(26)27/h3-10H,2,11-15H2,1H3,(H,21,25). The molecule has 8 heteroatoms. The Balaban J connectivity index is 1.47. The zero-order chi connectivity index (χ0) is 19.9. The number of non-ortho nitro benzene ring substituents is 1. The molecule has 28 heavy (non-hydrogen) atoms. The van der Waals surface area contributed by atoms with Crippen LogP contribution < -0.4 is 10.2 Å². The molecule has 1 saturated heterocycles. The molecule has 0 saturated carbocycles. The third-order valence-corrected chi connectivity index (χ3v) is 5.77. The Morgan fingerprint density at radius 3 is 2.29 bits per heavy atom. The van der Waals surface area contributed by atoms with Gasteiger partial charge in [0.1, 0.15) is 0 Å². The number of nitrogens with one attached hydrogen (secondary N) is 1. The molecular formula is C20H24N4O3S. The average molecular weight is 401 g/mol.